The van der Waals surface area contributed by atoms with Gasteiger partial charge < -0.3 is 20.3 Å². The van der Waals surface area contributed by atoms with Crippen LogP contribution in [0.4, 0.5) is 0 Å². The Balaban J connectivity index is 0.00000300. The van der Waals surface area contributed by atoms with E-state index < -0.39 is 0 Å². The van der Waals surface area contributed by atoms with Gasteiger partial charge in [0.1, 0.15) is 0 Å². The highest BCUT2D eigenvalue weighted by Gasteiger charge is 2.35. The lowest BCUT2D eigenvalue weighted by Gasteiger charge is -2.39. The summed E-state index contributed by atoms with van der Waals surface area (Å²) >= 11 is 0. The smallest absolute Gasteiger partial charge is 0.191 e. The predicted octanol–water partition coefficient (Wildman–Crippen LogP) is 3.70. The summed E-state index contributed by atoms with van der Waals surface area (Å²) in [6, 6.07) is 9.33. The largest absolute Gasteiger partial charge is 0.381 e. The van der Waals surface area contributed by atoms with E-state index in [9.17, 15) is 0 Å². The normalized spacial score (nSPS) is 20.7. The molecule has 0 spiro atoms. The summed E-state index contributed by atoms with van der Waals surface area (Å²) in [4.78, 5) is 7.09. The number of benzene rings is 1. The van der Waals surface area contributed by atoms with Gasteiger partial charge in [-0.25, -0.2) is 0 Å². The summed E-state index contributed by atoms with van der Waals surface area (Å²) in [5.41, 5.74) is 2.94. The molecule has 0 radical (unpaired) electrons. The van der Waals surface area contributed by atoms with E-state index in [4.69, 9.17) is 4.74 Å². The Morgan fingerprint density at radius 3 is 2.52 bits per heavy atom. The van der Waals surface area contributed by atoms with Crippen LogP contribution in [0.15, 0.2) is 29.3 Å². The van der Waals surface area contributed by atoms with Crippen molar-refractivity contribution in [1.82, 2.24) is 15.5 Å². The van der Waals surface area contributed by atoms with Crippen molar-refractivity contribution < 1.29 is 4.74 Å². The number of hydrogen-bond donors (Lipinski definition) is 2. The molecule has 6 heteroatoms. The van der Waals surface area contributed by atoms with Crippen molar-refractivity contribution in [1.29, 1.82) is 0 Å². The average molecular weight is 514 g/mol. The van der Waals surface area contributed by atoms with Crippen molar-refractivity contribution in [2.45, 2.75) is 57.4 Å². The lowest BCUT2D eigenvalue weighted by atomic mass is 9.72. The summed E-state index contributed by atoms with van der Waals surface area (Å²) in [6.07, 6.45) is 5.73. The van der Waals surface area contributed by atoms with Gasteiger partial charge in [-0.05, 0) is 56.7 Å². The van der Waals surface area contributed by atoms with Crippen LogP contribution >= 0.6 is 24.0 Å². The molecule has 0 bridgehead atoms. The quantitative estimate of drug-likeness (QED) is 0.346. The number of aliphatic imine (C=N–C) groups is 1. The fraction of sp³-hybridized carbons (Fsp3) is 0.696. The fourth-order valence-electron chi connectivity index (χ4n) is 4.73. The lowest BCUT2D eigenvalue weighted by Crippen LogP contribution is -2.52. The molecule has 5 nitrogen and oxygen atoms in total. The first kappa shape index (κ1) is 24.4. The number of likely N-dealkylation sites (tertiary alicyclic amines) is 1. The van der Waals surface area contributed by atoms with Crippen molar-refractivity contribution in [2.75, 3.05) is 46.4 Å². The molecule has 0 atom stereocenters. The average Bonchev–Trinajstić information content (AvgIpc) is 2.73. The molecule has 2 fully saturated rings. The van der Waals surface area contributed by atoms with Crippen molar-refractivity contribution in [3.05, 3.63) is 35.4 Å². The molecule has 0 aliphatic carbocycles. The van der Waals surface area contributed by atoms with E-state index in [0.29, 0.717) is 6.04 Å². The number of piperidine rings is 1. The van der Waals surface area contributed by atoms with E-state index in [0.717, 1.165) is 38.6 Å². The van der Waals surface area contributed by atoms with Gasteiger partial charge in [0.2, 0.25) is 0 Å². The van der Waals surface area contributed by atoms with Crippen LogP contribution in [0, 0.1) is 6.92 Å². The number of rotatable bonds is 6. The maximum absolute atomic E-state index is 5.69. The van der Waals surface area contributed by atoms with E-state index in [1.54, 1.807) is 0 Å². The number of guanidine groups is 1. The third kappa shape index (κ3) is 6.56. The Bertz CT molecular complexity index is 638. The van der Waals surface area contributed by atoms with Gasteiger partial charge >= 0.3 is 0 Å². The summed E-state index contributed by atoms with van der Waals surface area (Å²) in [5, 5.41) is 7.33. The van der Waals surface area contributed by atoms with Crippen LogP contribution in [0.2, 0.25) is 0 Å². The molecule has 2 N–H and O–H groups in total. The zero-order valence-corrected chi connectivity index (χ0v) is 20.7. The Hall–Kier alpha value is -0.860. The van der Waals surface area contributed by atoms with Gasteiger partial charge in [-0.2, -0.15) is 0 Å². The van der Waals surface area contributed by atoms with Crippen LogP contribution in [0.25, 0.3) is 0 Å². The maximum Gasteiger partial charge on any atom is 0.191 e. The topological polar surface area (TPSA) is 48.9 Å². The zero-order valence-electron chi connectivity index (χ0n) is 18.4. The Morgan fingerprint density at radius 2 is 1.90 bits per heavy atom. The second-order valence-electron chi connectivity index (χ2n) is 8.39. The summed E-state index contributed by atoms with van der Waals surface area (Å²) in [7, 11) is 1.88. The van der Waals surface area contributed by atoms with E-state index in [1.165, 1.54) is 50.0 Å². The monoisotopic (exact) mass is 514 g/mol. The van der Waals surface area contributed by atoms with E-state index in [-0.39, 0.29) is 29.4 Å². The second-order valence-corrected chi connectivity index (χ2v) is 8.39. The Labute approximate surface area is 194 Å². The second kappa shape index (κ2) is 12.1. The molecule has 2 aliphatic rings. The van der Waals surface area contributed by atoms with E-state index >= 15 is 0 Å². The molecule has 1 aromatic carbocycles. The number of halogens is 1. The third-order valence-electron chi connectivity index (χ3n) is 6.45. The van der Waals surface area contributed by atoms with Crippen LogP contribution < -0.4 is 10.6 Å². The van der Waals surface area contributed by atoms with Crippen LogP contribution in [0.3, 0.4) is 0 Å². The van der Waals surface area contributed by atoms with Crippen molar-refractivity contribution in [3.8, 4) is 0 Å². The molecule has 0 unspecified atom stereocenters. The van der Waals surface area contributed by atoms with Gasteiger partial charge in [0.15, 0.2) is 5.96 Å². The maximum atomic E-state index is 5.69. The minimum atomic E-state index is 0. The fourth-order valence-corrected chi connectivity index (χ4v) is 4.73. The number of nitrogens with one attached hydrogen (secondary N) is 2. The number of aryl methyl sites for hydroxylation is 1. The summed E-state index contributed by atoms with van der Waals surface area (Å²) in [6.45, 7) is 10.6. The molecule has 29 heavy (non-hydrogen) atoms. The summed E-state index contributed by atoms with van der Waals surface area (Å²) < 4.78 is 5.69. The molecule has 2 aliphatic heterocycles. The minimum absolute atomic E-state index is 0. The highest BCUT2D eigenvalue weighted by molar-refractivity contribution is 14.0. The zero-order chi connectivity index (χ0) is 19.8. The van der Waals surface area contributed by atoms with Gasteiger partial charge in [0.05, 0.1) is 0 Å². The first-order valence-electron chi connectivity index (χ1n) is 11.0. The number of hydrogen-bond acceptors (Lipinski definition) is 3. The van der Waals surface area contributed by atoms with Gasteiger partial charge in [-0.3, -0.25) is 4.99 Å². The summed E-state index contributed by atoms with van der Waals surface area (Å²) in [5.74, 6) is 0.938. The molecule has 3 rings (SSSR count). The minimum Gasteiger partial charge on any atom is -0.381 e. The van der Waals surface area contributed by atoms with E-state index in [2.05, 4.69) is 58.6 Å². The van der Waals surface area contributed by atoms with E-state index in [1.807, 2.05) is 7.05 Å². The molecule has 164 valence electrons. The molecular weight excluding hydrogens is 475 g/mol. The number of nitrogens with zero attached hydrogens (tertiary/aromatic N) is 2. The predicted molar refractivity (Wildman–Crippen MR) is 133 cm³/mol. The molecular formula is C23H39IN4O. The molecule has 0 saturated carbocycles. The van der Waals surface area contributed by atoms with Gasteiger partial charge in [-0.15, -0.1) is 24.0 Å². The van der Waals surface area contributed by atoms with Crippen LogP contribution in [0.5, 0.6) is 0 Å². The van der Waals surface area contributed by atoms with Crippen LogP contribution in [-0.2, 0) is 10.2 Å². The molecule has 2 saturated heterocycles. The highest BCUT2D eigenvalue weighted by atomic mass is 127. The van der Waals surface area contributed by atoms with Crippen molar-refractivity contribution >= 4 is 29.9 Å². The van der Waals surface area contributed by atoms with Crippen LogP contribution in [-0.4, -0.2) is 63.3 Å². The first-order chi connectivity index (χ1) is 13.7. The van der Waals surface area contributed by atoms with Gasteiger partial charge in [0.25, 0.3) is 0 Å². The van der Waals surface area contributed by atoms with Crippen LogP contribution in [0.1, 0.15) is 50.2 Å². The standard InChI is InChI=1S/C23H38N4O.HI/c1-4-13-27-14-9-20(10-15-27)26-22(24-3)25-18-23(11-16-28-17-12-23)21-8-6-5-7-19(21)2;/h5-8,20H,4,9-18H2,1-3H3,(H2,24,25,26);1H. The van der Waals surface area contributed by atoms with Crippen molar-refractivity contribution in [3.63, 3.8) is 0 Å². The molecule has 0 aromatic heterocycles. The number of ether oxygens (including phenoxy) is 1. The molecule has 2 heterocycles. The SMILES string of the molecule is CCCN1CCC(NC(=NC)NCC2(c3ccccc3C)CCOCC2)CC1.I. The van der Waals surface area contributed by atoms with Gasteiger partial charge in [-0.1, -0.05) is 31.2 Å². The first-order valence-corrected chi connectivity index (χ1v) is 11.0. The molecule has 1 aromatic rings. The Morgan fingerprint density at radius 1 is 1.21 bits per heavy atom. The third-order valence-corrected chi connectivity index (χ3v) is 6.45. The Kier molecular flexibility index (Phi) is 10.2. The van der Waals surface area contributed by atoms with Gasteiger partial charge in [0, 0.05) is 51.4 Å². The lowest BCUT2D eigenvalue weighted by molar-refractivity contribution is 0.0511. The van der Waals surface area contributed by atoms with Crippen molar-refractivity contribution in [2.24, 2.45) is 4.99 Å². The highest BCUT2D eigenvalue weighted by Crippen LogP contribution is 2.36. The molecule has 0 amide bonds.